The summed E-state index contributed by atoms with van der Waals surface area (Å²) in [6.45, 7) is 3.89. The van der Waals surface area contributed by atoms with Crippen LogP contribution in [0.4, 0.5) is 5.13 Å². The number of thiazole rings is 1. The second kappa shape index (κ2) is 11.0. The second-order valence-electron chi connectivity index (χ2n) is 7.47. The molecule has 1 aromatic heterocycles. The number of aromatic nitrogens is 1. The van der Waals surface area contributed by atoms with Crippen LogP contribution in [0, 0.1) is 0 Å². The predicted molar refractivity (Wildman–Crippen MR) is 130 cm³/mol. The SMILES string of the molecule is CCOc1ccc2nc(N(CC3CCCO3)C(=O)CCSc3ccc(OC)cc3)sc2c1. The molecule has 0 bridgehead atoms. The van der Waals surface area contributed by atoms with E-state index in [-0.39, 0.29) is 12.0 Å². The van der Waals surface area contributed by atoms with Crippen LogP contribution in [-0.4, -0.2) is 49.6 Å². The Morgan fingerprint density at radius 2 is 2.06 bits per heavy atom. The minimum absolute atomic E-state index is 0.0687. The van der Waals surface area contributed by atoms with Crippen molar-refractivity contribution >= 4 is 44.4 Å². The molecule has 0 aliphatic carbocycles. The molecule has 4 rings (SSSR count). The molecular formula is C24H28N2O4S2. The van der Waals surface area contributed by atoms with E-state index in [2.05, 4.69) is 0 Å². The molecule has 3 aromatic rings. The van der Waals surface area contributed by atoms with Crippen molar-refractivity contribution in [3.63, 3.8) is 0 Å². The third-order valence-corrected chi connectivity index (χ3v) is 7.30. The van der Waals surface area contributed by atoms with Gasteiger partial charge in [0, 0.05) is 23.7 Å². The monoisotopic (exact) mass is 472 g/mol. The van der Waals surface area contributed by atoms with Gasteiger partial charge in [-0.05, 0) is 62.2 Å². The lowest BCUT2D eigenvalue weighted by atomic mass is 10.2. The zero-order valence-corrected chi connectivity index (χ0v) is 20.0. The third-order valence-electron chi connectivity index (χ3n) is 5.25. The van der Waals surface area contributed by atoms with Crippen molar-refractivity contribution in [1.82, 2.24) is 4.98 Å². The van der Waals surface area contributed by atoms with Crippen LogP contribution < -0.4 is 14.4 Å². The predicted octanol–water partition coefficient (Wildman–Crippen LogP) is 5.40. The van der Waals surface area contributed by atoms with Crippen LogP contribution >= 0.6 is 23.1 Å². The fourth-order valence-corrected chi connectivity index (χ4v) is 5.47. The number of hydrogen-bond donors (Lipinski definition) is 0. The third kappa shape index (κ3) is 5.74. The largest absolute Gasteiger partial charge is 0.497 e. The van der Waals surface area contributed by atoms with E-state index < -0.39 is 0 Å². The number of amides is 1. The summed E-state index contributed by atoms with van der Waals surface area (Å²) in [5, 5.41) is 0.726. The normalized spacial score (nSPS) is 15.8. The van der Waals surface area contributed by atoms with Gasteiger partial charge in [-0.1, -0.05) is 11.3 Å². The number of thioether (sulfide) groups is 1. The number of nitrogens with zero attached hydrogens (tertiary/aromatic N) is 2. The molecule has 2 aromatic carbocycles. The first-order valence-electron chi connectivity index (χ1n) is 10.9. The van der Waals surface area contributed by atoms with E-state index in [4.69, 9.17) is 19.2 Å². The average molecular weight is 473 g/mol. The Kier molecular flexibility index (Phi) is 7.89. The van der Waals surface area contributed by atoms with E-state index in [9.17, 15) is 4.79 Å². The van der Waals surface area contributed by atoms with Gasteiger partial charge in [0.2, 0.25) is 5.91 Å². The summed E-state index contributed by atoms with van der Waals surface area (Å²) in [5.74, 6) is 2.43. The fourth-order valence-electron chi connectivity index (χ4n) is 3.61. The van der Waals surface area contributed by atoms with Gasteiger partial charge >= 0.3 is 0 Å². The van der Waals surface area contributed by atoms with Gasteiger partial charge in [0.15, 0.2) is 5.13 Å². The molecule has 32 heavy (non-hydrogen) atoms. The van der Waals surface area contributed by atoms with Gasteiger partial charge < -0.3 is 14.2 Å². The van der Waals surface area contributed by atoms with Gasteiger partial charge in [-0.2, -0.15) is 0 Å². The lowest BCUT2D eigenvalue weighted by Crippen LogP contribution is -2.37. The molecule has 6 nitrogen and oxygen atoms in total. The Morgan fingerprint density at radius 1 is 1.25 bits per heavy atom. The summed E-state index contributed by atoms with van der Waals surface area (Å²) in [7, 11) is 1.66. The maximum Gasteiger partial charge on any atom is 0.229 e. The number of benzene rings is 2. The zero-order chi connectivity index (χ0) is 22.3. The molecular weight excluding hydrogens is 444 g/mol. The van der Waals surface area contributed by atoms with Gasteiger partial charge in [-0.3, -0.25) is 9.69 Å². The van der Waals surface area contributed by atoms with Gasteiger partial charge in [-0.25, -0.2) is 4.98 Å². The Labute approximate surface area is 196 Å². The fraction of sp³-hybridized carbons (Fsp3) is 0.417. The van der Waals surface area contributed by atoms with Crippen molar-refractivity contribution < 1.29 is 19.0 Å². The molecule has 1 aliphatic rings. The van der Waals surface area contributed by atoms with Crippen LogP contribution in [0.15, 0.2) is 47.4 Å². The van der Waals surface area contributed by atoms with Crippen LogP contribution in [-0.2, 0) is 9.53 Å². The molecule has 1 amide bonds. The van der Waals surface area contributed by atoms with Crippen LogP contribution in [0.25, 0.3) is 10.2 Å². The summed E-state index contributed by atoms with van der Waals surface area (Å²) in [4.78, 5) is 20.9. The maximum atomic E-state index is 13.2. The molecule has 170 valence electrons. The first-order chi connectivity index (χ1) is 15.7. The van der Waals surface area contributed by atoms with Crippen molar-refractivity contribution in [2.24, 2.45) is 0 Å². The summed E-state index contributed by atoms with van der Waals surface area (Å²) >= 11 is 3.20. The smallest absolute Gasteiger partial charge is 0.229 e. The van der Waals surface area contributed by atoms with Gasteiger partial charge in [0.1, 0.15) is 11.5 Å². The first kappa shape index (κ1) is 22.9. The number of carbonyl (C=O) groups excluding carboxylic acids is 1. The van der Waals surface area contributed by atoms with Crippen molar-refractivity contribution in [3.05, 3.63) is 42.5 Å². The van der Waals surface area contributed by atoms with Gasteiger partial charge in [0.05, 0.1) is 36.6 Å². The van der Waals surface area contributed by atoms with E-state index in [1.807, 2.05) is 54.3 Å². The number of hydrogen-bond acceptors (Lipinski definition) is 7. The lowest BCUT2D eigenvalue weighted by molar-refractivity contribution is -0.118. The quantitative estimate of drug-likeness (QED) is 0.368. The Balaban J connectivity index is 1.46. The minimum atomic E-state index is 0.0687. The molecule has 0 radical (unpaired) electrons. The van der Waals surface area contributed by atoms with E-state index in [1.54, 1.807) is 18.9 Å². The van der Waals surface area contributed by atoms with E-state index in [1.165, 1.54) is 11.3 Å². The molecule has 0 spiro atoms. The molecule has 1 fully saturated rings. The molecule has 2 heterocycles. The molecule has 1 atom stereocenters. The van der Waals surface area contributed by atoms with Crippen molar-refractivity contribution in [3.8, 4) is 11.5 Å². The number of fused-ring (bicyclic) bond motifs is 1. The number of anilines is 1. The molecule has 8 heteroatoms. The number of methoxy groups -OCH3 is 1. The molecule has 1 saturated heterocycles. The van der Waals surface area contributed by atoms with Crippen molar-refractivity contribution in [2.75, 3.05) is 37.5 Å². The van der Waals surface area contributed by atoms with Crippen LogP contribution in [0.1, 0.15) is 26.2 Å². The van der Waals surface area contributed by atoms with E-state index >= 15 is 0 Å². The van der Waals surface area contributed by atoms with Crippen molar-refractivity contribution in [1.29, 1.82) is 0 Å². The summed E-state index contributed by atoms with van der Waals surface area (Å²) in [5.41, 5.74) is 0.881. The van der Waals surface area contributed by atoms with Gasteiger partial charge in [0.25, 0.3) is 0 Å². The Bertz CT molecular complexity index is 1030. The van der Waals surface area contributed by atoms with Crippen LogP contribution in [0.3, 0.4) is 0 Å². The standard InChI is InChI=1S/C24H28N2O4S2/c1-3-29-18-8-11-21-22(15-18)32-24(25-21)26(16-19-5-4-13-30-19)23(27)12-14-31-20-9-6-17(28-2)7-10-20/h6-11,15,19H,3-5,12-14,16H2,1-2H3. The van der Waals surface area contributed by atoms with E-state index in [0.717, 1.165) is 51.2 Å². The van der Waals surface area contributed by atoms with Crippen LogP contribution in [0.2, 0.25) is 0 Å². The maximum absolute atomic E-state index is 13.2. The summed E-state index contributed by atoms with van der Waals surface area (Å²) in [6, 6.07) is 13.8. The Hall–Kier alpha value is -2.29. The molecule has 1 unspecified atom stereocenters. The zero-order valence-electron chi connectivity index (χ0n) is 18.4. The number of rotatable bonds is 10. The molecule has 1 aliphatic heterocycles. The molecule has 0 saturated carbocycles. The topological polar surface area (TPSA) is 60.9 Å². The van der Waals surface area contributed by atoms with E-state index in [0.29, 0.717) is 25.3 Å². The lowest BCUT2D eigenvalue weighted by Gasteiger charge is -2.23. The van der Waals surface area contributed by atoms with Crippen LogP contribution in [0.5, 0.6) is 11.5 Å². The highest BCUT2D eigenvalue weighted by Gasteiger charge is 2.26. The summed E-state index contributed by atoms with van der Waals surface area (Å²) < 4.78 is 17.7. The molecule has 0 N–H and O–H groups in total. The highest BCUT2D eigenvalue weighted by molar-refractivity contribution is 7.99. The highest BCUT2D eigenvalue weighted by atomic mass is 32.2. The number of ether oxygens (including phenoxy) is 3. The van der Waals surface area contributed by atoms with Crippen molar-refractivity contribution in [2.45, 2.75) is 37.2 Å². The summed E-state index contributed by atoms with van der Waals surface area (Å²) in [6.07, 6.45) is 2.52. The average Bonchev–Trinajstić information content (AvgIpc) is 3.47. The first-order valence-corrected chi connectivity index (χ1v) is 12.7. The number of carbonyl (C=O) groups is 1. The minimum Gasteiger partial charge on any atom is -0.497 e. The van der Waals surface area contributed by atoms with Gasteiger partial charge in [-0.15, -0.1) is 11.8 Å². The highest BCUT2D eigenvalue weighted by Crippen LogP contribution is 2.33. The Morgan fingerprint density at radius 3 is 2.78 bits per heavy atom. The second-order valence-corrected chi connectivity index (χ2v) is 9.65.